The second kappa shape index (κ2) is 14.4. The molecule has 1 saturated heterocycles. The SMILES string of the molecule is C=C[C@@H]1[C@H](NC(=O)/C(=N\OC(C)(C)C(=O)O)c2csc(N)n2)C(=O)N1C(=O)NS(=O)(=O)n1nc(-c2cc(=O)c(O)c[nH]2)n(CCCS(C)(=O)=O)c1=O. The molecular formula is C26H30N10O13S3. The number of likely N-dealkylation sites (tertiary alicyclic amines) is 1. The third-order valence-electron chi connectivity index (χ3n) is 7.06. The largest absolute Gasteiger partial charge is 0.503 e. The zero-order chi connectivity index (χ0) is 38.9. The number of aromatic nitrogens is 5. The van der Waals surface area contributed by atoms with Crippen molar-refractivity contribution in [2.24, 2.45) is 5.16 Å². The first-order valence-electron chi connectivity index (χ1n) is 14.4. The topological polar surface area (TPSA) is 338 Å². The zero-order valence-corrected chi connectivity index (χ0v) is 29.6. The summed E-state index contributed by atoms with van der Waals surface area (Å²) in [5.41, 5.74) is 0.386. The Hall–Kier alpha value is -5.89. The van der Waals surface area contributed by atoms with E-state index in [2.05, 4.69) is 32.1 Å². The number of carbonyl (C=O) groups excluding carboxylic acids is 3. The number of oxime groups is 1. The van der Waals surface area contributed by atoms with E-state index in [4.69, 9.17) is 10.6 Å². The fourth-order valence-corrected chi connectivity index (χ4v) is 6.45. The molecule has 1 fully saturated rings. The van der Waals surface area contributed by atoms with Crippen molar-refractivity contribution >= 4 is 66.0 Å². The van der Waals surface area contributed by atoms with E-state index in [1.807, 2.05) is 0 Å². The third-order valence-corrected chi connectivity index (χ3v) is 9.89. The van der Waals surface area contributed by atoms with Gasteiger partial charge in [0.2, 0.25) is 11.0 Å². The predicted molar refractivity (Wildman–Crippen MR) is 180 cm³/mol. The minimum Gasteiger partial charge on any atom is -0.503 e. The Morgan fingerprint density at radius 2 is 1.90 bits per heavy atom. The van der Waals surface area contributed by atoms with Crippen molar-refractivity contribution in [3.8, 4) is 17.3 Å². The van der Waals surface area contributed by atoms with Gasteiger partial charge in [0.15, 0.2) is 22.4 Å². The molecule has 0 radical (unpaired) electrons. The van der Waals surface area contributed by atoms with E-state index in [9.17, 15) is 55.8 Å². The first-order valence-corrected chi connectivity index (χ1v) is 18.8. The highest BCUT2D eigenvalue weighted by molar-refractivity contribution is 7.90. The number of anilines is 1. The molecule has 3 aromatic heterocycles. The van der Waals surface area contributed by atoms with E-state index in [1.54, 1.807) is 0 Å². The number of carbonyl (C=O) groups is 4. The van der Waals surface area contributed by atoms with Gasteiger partial charge in [0, 0.05) is 30.4 Å². The normalized spacial score (nSPS) is 16.6. The van der Waals surface area contributed by atoms with Crippen LogP contribution in [-0.4, -0.2) is 115 Å². The highest BCUT2D eigenvalue weighted by atomic mass is 32.2. The van der Waals surface area contributed by atoms with Gasteiger partial charge in [-0.25, -0.2) is 32.5 Å². The number of aromatic hydroxyl groups is 1. The molecule has 0 spiro atoms. The fourth-order valence-electron chi connectivity index (χ4n) is 4.36. The maximum atomic E-state index is 13.3. The molecule has 1 aliphatic rings. The molecule has 1 aliphatic heterocycles. The summed E-state index contributed by atoms with van der Waals surface area (Å²) in [6.45, 7) is 5.36. The van der Waals surface area contributed by atoms with Crippen LogP contribution < -0.4 is 26.9 Å². The van der Waals surface area contributed by atoms with Gasteiger partial charge < -0.3 is 31.1 Å². The average Bonchev–Trinajstić information content (AvgIpc) is 3.61. The van der Waals surface area contributed by atoms with E-state index in [0.29, 0.717) is 9.47 Å². The molecule has 3 aromatic rings. The number of aromatic amines is 1. The van der Waals surface area contributed by atoms with Crippen molar-refractivity contribution < 1.29 is 51.1 Å². The van der Waals surface area contributed by atoms with E-state index in [1.165, 1.54) is 10.1 Å². The summed E-state index contributed by atoms with van der Waals surface area (Å²) >= 11 is 0.902. The molecule has 0 bridgehead atoms. The molecule has 0 aromatic carbocycles. The summed E-state index contributed by atoms with van der Waals surface area (Å²) in [7, 11) is -8.79. The number of β-lactam (4-membered cyclic amide) rings is 1. The van der Waals surface area contributed by atoms with Gasteiger partial charge in [-0.15, -0.1) is 23.0 Å². The lowest BCUT2D eigenvalue weighted by Gasteiger charge is -2.43. The number of nitrogens with one attached hydrogen (secondary N) is 3. The molecule has 23 nitrogen and oxygen atoms in total. The van der Waals surface area contributed by atoms with Gasteiger partial charge in [0.05, 0.1) is 17.5 Å². The Morgan fingerprint density at radius 1 is 1.23 bits per heavy atom. The molecule has 4 amide bonds. The highest BCUT2D eigenvalue weighted by Crippen LogP contribution is 2.23. The van der Waals surface area contributed by atoms with Crippen LogP contribution in [0, 0.1) is 0 Å². The van der Waals surface area contributed by atoms with Gasteiger partial charge in [-0.1, -0.05) is 15.3 Å². The molecule has 4 heterocycles. The highest BCUT2D eigenvalue weighted by Gasteiger charge is 2.51. The van der Waals surface area contributed by atoms with Gasteiger partial charge in [0.1, 0.15) is 21.6 Å². The lowest BCUT2D eigenvalue weighted by molar-refractivity contribution is -0.161. The summed E-state index contributed by atoms with van der Waals surface area (Å²) in [6.07, 6.45) is 2.59. The van der Waals surface area contributed by atoms with Crippen LogP contribution in [0.3, 0.4) is 0 Å². The Morgan fingerprint density at radius 3 is 2.46 bits per heavy atom. The number of pyridine rings is 1. The molecule has 0 unspecified atom stereocenters. The number of sulfone groups is 1. The molecule has 0 saturated carbocycles. The van der Waals surface area contributed by atoms with Crippen LogP contribution in [-0.2, 0) is 45.8 Å². The van der Waals surface area contributed by atoms with Crippen LogP contribution in [0.4, 0.5) is 9.93 Å². The molecular weight excluding hydrogens is 757 g/mol. The lowest BCUT2D eigenvalue weighted by atomic mass is 9.95. The van der Waals surface area contributed by atoms with Crippen LogP contribution in [0.25, 0.3) is 11.5 Å². The van der Waals surface area contributed by atoms with Crippen molar-refractivity contribution in [3.05, 3.63) is 56.7 Å². The number of H-pyrrole nitrogens is 1. The number of nitrogens with two attached hydrogens (primary N) is 1. The first kappa shape index (κ1) is 38.9. The average molecular weight is 787 g/mol. The number of urea groups is 1. The quantitative estimate of drug-likeness (QED) is 0.0427. The number of nitrogens with zero attached hydrogens (tertiary/aromatic N) is 6. The van der Waals surface area contributed by atoms with E-state index in [0.717, 1.165) is 49.8 Å². The monoisotopic (exact) mass is 786 g/mol. The number of aliphatic carboxylic acids is 1. The Balaban J connectivity index is 1.59. The maximum absolute atomic E-state index is 13.3. The lowest BCUT2D eigenvalue weighted by Crippen LogP contribution is -2.73. The van der Waals surface area contributed by atoms with Crippen LogP contribution in [0.1, 0.15) is 26.0 Å². The molecule has 26 heteroatoms. The van der Waals surface area contributed by atoms with Crippen LogP contribution in [0.15, 0.2) is 45.0 Å². The molecule has 52 heavy (non-hydrogen) atoms. The van der Waals surface area contributed by atoms with E-state index in [-0.39, 0.29) is 27.0 Å². The first-order chi connectivity index (χ1) is 24.1. The molecule has 0 aliphatic carbocycles. The fraction of sp³-hybridized carbons (Fsp3) is 0.346. The minimum absolute atomic E-state index is 0.00190. The van der Waals surface area contributed by atoms with Gasteiger partial charge in [-0.3, -0.25) is 23.9 Å². The number of nitrogen functional groups attached to an aromatic ring is 1. The van der Waals surface area contributed by atoms with E-state index < -0.39 is 102 Å². The van der Waals surface area contributed by atoms with Crippen LogP contribution in [0.5, 0.6) is 5.75 Å². The van der Waals surface area contributed by atoms with Crippen LogP contribution >= 0.6 is 11.3 Å². The van der Waals surface area contributed by atoms with Crippen molar-refractivity contribution in [2.45, 2.75) is 44.5 Å². The number of carboxylic acid groups (broad SMARTS) is 1. The number of imide groups is 1. The molecule has 4 rings (SSSR count). The number of thiazole rings is 1. The predicted octanol–water partition coefficient (Wildman–Crippen LogP) is -2.45. The number of amides is 4. The summed E-state index contributed by atoms with van der Waals surface area (Å²) < 4.78 is 51.9. The number of carboxylic acids is 1. The number of rotatable bonds is 14. The Kier molecular flexibility index (Phi) is 10.8. The maximum Gasteiger partial charge on any atom is 0.362 e. The zero-order valence-electron chi connectivity index (χ0n) is 27.2. The molecule has 280 valence electrons. The van der Waals surface area contributed by atoms with E-state index >= 15 is 0 Å². The Labute approximate surface area is 296 Å². The van der Waals surface area contributed by atoms with Gasteiger partial charge >= 0.3 is 27.9 Å². The summed E-state index contributed by atoms with van der Waals surface area (Å²) in [5, 5.41) is 29.8. The summed E-state index contributed by atoms with van der Waals surface area (Å²) in [6, 6.07) is -3.74. The second-order valence-corrected chi connectivity index (χ2v) is 16.0. The number of hydrogen-bond donors (Lipinski definition) is 6. The van der Waals surface area contributed by atoms with Crippen molar-refractivity contribution in [1.82, 2.24) is 38.7 Å². The molecule has 7 N–H and O–H groups in total. The van der Waals surface area contributed by atoms with Crippen molar-refractivity contribution in [2.75, 3.05) is 17.7 Å². The summed E-state index contributed by atoms with van der Waals surface area (Å²) in [4.78, 5) is 88.0. The molecule has 2 atom stereocenters. The summed E-state index contributed by atoms with van der Waals surface area (Å²) in [5.74, 6) is -5.34. The van der Waals surface area contributed by atoms with Crippen molar-refractivity contribution in [1.29, 1.82) is 0 Å². The standard InChI is InChI=1S/C26H30N10O13S3/c1-5-14-18(30-20(39)17(13-11-50-23(27)29-13)32-49-26(2,3)22(41)42)21(40)35(14)24(43)33-52(47,48)36-25(44)34(7-6-8-51(4,45)46)19(31-36)12-9-15(37)16(38)10-28-12/h5,9-11,14,18,38H,1,6-8H2,2-4H3,(H2,27,29)(H,28,37)(H,30,39)(H,33,43)(H,41,42)/b32-17-/t14-,18+/m1/s1. The number of hydrogen-bond acceptors (Lipinski definition) is 17. The van der Waals surface area contributed by atoms with Crippen LogP contribution in [0.2, 0.25) is 0 Å². The Bertz CT molecular complexity index is 2340. The van der Waals surface area contributed by atoms with Crippen molar-refractivity contribution in [3.63, 3.8) is 0 Å². The third kappa shape index (κ3) is 8.18. The smallest absolute Gasteiger partial charge is 0.362 e. The van der Waals surface area contributed by atoms with Gasteiger partial charge in [0.25, 0.3) is 11.8 Å². The second-order valence-electron chi connectivity index (χ2n) is 11.4. The minimum atomic E-state index is -5.27. The van der Waals surface area contributed by atoms with Gasteiger partial charge in [-0.2, -0.15) is 8.42 Å². The van der Waals surface area contributed by atoms with Gasteiger partial charge in [-0.05, 0) is 20.3 Å².